The minimum Gasteiger partial charge on any atom is -0.744 e. The Morgan fingerprint density at radius 2 is 1.77 bits per heavy atom. The number of aryl methyl sites for hydroxylation is 1. The summed E-state index contributed by atoms with van der Waals surface area (Å²) in [6.07, 6.45) is 0. The summed E-state index contributed by atoms with van der Waals surface area (Å²) >= 11 is 0. The molecule has 0 heterocycles. The molecule has 2 aromatic carbocycles. The normalized spacial score (nSPS) is 10.9. The molecule has 2 aromatic rings. The van der Waals surface area contributed by atoms with Crippen LogP contribution in [0.4, 0.5) is 5.69 Å². The first kappa shape index (κ1) is 20.2. The van der Waals surface area contributed by atoms with Crippen LogP contribution in [-0.4, -0.2) is 19.5 Å². The molecule has 0 saturated heterocycles. The molecule has 0 unspecified atom stereocenters. The molecule has 0 amide bonds. The van der Waals surface area contributed by atoms with Crippen LogP contribution in [0.5, 0.6) is 0 Å². The van der Waals surface area contributed by atoms with Crippen LogP contribution in [0.15, 0.2) is 53.4 Å². The summed E-state index contributed by atoms with van der Waals surface area (Å²) in [5, 5.41) is 0. The van der Waals surface area contributed by atoms with Gasteiger partial charge in [0.2, 0.25) is 0 Å². The number of rotatable bonds is 5. The van der Waals surface area contributed by atoms with Crippen molar-refractivity contribution in [2.75, 3.05) is 11.4 Å². The third-order valence-corrected chi connectivity index (χ3v) is 4.14. The van der Waals surface area contributed by atoms with Crippen molar-refractivity contribution in [1.82, 2.24) is 0 Å². The van der Waals surface area contributed by atoms with Crippen molar-refractivity contribution < 1.29 is 81.9 Å². The monoisotopic (exact) mass is 437 g/mol. The van der Waals surface area contributed by atoms with E-state index in [0.717, 1.165) is 17.8 Å². The Labute approximate surface area is 191 Å². The molecule has 0 aliphatic carbocycles. The second-order valence-electron chi connectivity index (χ2n) is 4.95. The third-order valence-electron chi connectivity index (χ3n) is 3.31. The van der Waals surface area contributed by atoms with Gasteiger partial charge in [0.1, 0.15) is 10.1 Å². The first-order valence-corrected chi connectivity index (χ1v) is 8.17. The molecule has 0 N–H and O–H groups in total. The van der Waals surface area contributed by atoms with E-state index in [2.05, 4.69) is 11.0 Å². The maximum atomic E-state index is 11.1. The van der Waals surface area contributed by atoms with Gasteiger partial charge < -0.3 is 9.45 Å². The predicted octanol–water partition coefficient (Wildman–Crippen LogP) is -0.0704. The largest absolute Gasteiger partial charge is 1.00 e. The number of anilines is 1. The molecule has 0 aliphatic rings. The maximum Gasteiger partial charge on any atom is 1.00 e. The molecular weight excluding hydrogens is 419 g/mol. The maximum absolute atomic E-state index is 11.1. The zero-order valence-corrected chi connectivity index (χ0v) is 20.2. The Kier molecular flexibility index (Phi) is 8.18. The second kappa shape index (κ2) is 8.89. The van der Waals surface area contributed by atoms with Gasteiger partial charge in [0.15, 0.2) is 0 Å². The Bertz CT molecular complexity index is 732. The summed E-state index contributed by atoms with van der Waals surface area (Å²) in [5.41, 5.74) is 3.05. The Morgan fingerprint density at radius 3 is 2.36 bits per heavy atom. The van der Waals surface area contributed by atoms with E-state index in [1.54, 1.807) is 6.07 Å². The number of hydrogen-bond donors (Lipinski definition) is 0. The Hall–Kier alpha value is 0.202. The number of nitrogens with zero attached hydrogens (tertiary/aromatic N) is 1. The van der Waals surface area contributed by atoms with Gasteiger partial charge >= 0.3 is 68.9 Å². The summed E-state index contributed by atoms with van der Waals surface area (Å²) in [6.45, 7) is 5.42. The predicted molar refractivity (Wildman–Crippen MR) is 82.3 cm³/mol. The van der Waals surface area contributed by atoms with Crippen LogP contribution in [0.1, 0.15) is 18.1 Å². The van der Waals surface area contributed by atoms with Gasteiger partial charge in [-0.25, -0.2) is 8.42 Å². The Morgan fingerprint density at radius 1 is 1.09 bits per heavy atom. The van der Waals surface area contributed by atoms with Crippen LogP contribution in [0, 0.1) is 6.92 Å². The van der Waals surface area contributed by atoms with E-state index in [1.165, 1.54) is 17.7 Å². The fraction of sp³-hybridized carbons (Fsp3) is 0.250. The van der Waals surface area contributed by atoms with Crippen LogP contribution < -0.4 is 73.8 Å². The fourth-order valence-corrected chi connectivity index (χ4v) is 2.77. The average molecular weight is 437 g/mol. The number of hydrogen-bond acceptors (Lipinski definition) is 4. The first-order valence-electron chi connectivity index (χ1n) is 6.76. The van der Waals surface area contributed by atoms with Crippen molar-refractivity contribution in [3.05, 3.63) is 59.7 Å². The molecule has 0 saturated carbocycles. The SMILES string of the molecule is CCN(Cc1cccc(S(=O)(=O)[O-])c1)c1cccc(C)c1.[Cs+]. The molecule has 0 spiro atoms. The van der Waals surface area contributed by atoms with Gasteiger partial charge in [0.25, 0.3) is 0 Å². The van der Waals surface area contributed by atoms with E-state index in [1.807, 2.05) is 38.1 Å². The molecule has 0 aliphatic heterocycles. The third kappa shape index (κ3) is 5.68. The molecule has 0 radical (unpaired) electrons. The van der Waals surface area contributed by atoms with Gasteiger partial charge in [0.05, 0.1) is 4.90 Å². The average Bonchev–Trinajstić information content (AvgIpc) is 2.44. The molecule has 0 bridgehead atoms. The van der Waals surface area contributed by atoms with Gasteiger partial charge in [-0.3, -0.25) is 0 Å². The molecule has 2 rings (SSSR count). The van der Waals surface area contributed by atoms with E-state index >= 15 is 0 Å². The van der Waals surface area contributed by atoms with Crippen LogP contribution in [0.2, 0.25) is 0 Å². The van der Waals surface area contributed by atoms with Gasteiger partial charge in [-0.05, 0) is 49.2 Å². The molecule has 0 aromatic heterocycles. The van der Waals surface area contributed by atoms with Gasteiger partial charge in [-0.1, -0.05) is 24.3 Å². The molecule has 4 nitrogen and oxygen atoms in total. The summed E-state index contributed by atoms with van der Waals surface area (Å²) in [7, 11) is -4.41. The summed E-state index contributed by atoms with van der Waals surface area (Å²) in [4.78, 5) is 1.95. The molecule has 0 atom stereocenters. The molecular formula is C16H18CsNO3S. The number of benzene rings is 2. The van der Waals surface area contributed by atoms with Crippen molar-refractivity contribution >= 4 is 15.8 Å². The summed E-state index contributed by atoms with van der Waals surface area (Å²) in [6, 6.07) is 14.3. The standard InChI is InChI=1S/C16H19NO3S.Cs/c1-3-17(15-8-4-6-13(2)10-15)12-14-7-5-9-16(11-14)21(18,19)20;/h4-11H,3,12H2,1-2H3,(H,18,19,20);/q;+1/p-1. The topological polar surface area (TPSA) is 60.4 Å². The van der Waals surface area contributed by atoms with Crippen LogP contribution >= 0.6 is 0 Å². The smallest absolute Gasteiger partial charge is 0.744 e. The van der Waals surface area contributed by atoms with Crippen molar-refractivity contribution in [3.8, 4) is 0 Å². The van der Waals surface area contributed by atoms with Crippen molar-refractivity contribution in [2.24, 2.45) is 0 Å². The first-order chi connectivity index (χ1) is 9.90. The van der Waals surface area contributed by atoms with E-state index < -0.39 is 10.1 Å². The minimum atomic E-state index is -4.41. The van der Waals surface area contributed by atoms with E-state index in [-0.39, 0.29) is 73.8 Å². The molecule has 6 heteroatoms. The van der Waals surface area contributed by atoms with Crippen molar-refractivity contribution in [3.63, 3.8) is 0 Å². The van der Waals surface area contributed by atoms with E-state index in [4.69, 9.17) is 0 Å². The molecule has 0 fully saturated rings. The summed E-state index contributed by atoms with van der Waals surface area (Å²) in [5.74, 6) is 0. The van der Waals surface area contributed by atoms with E-state index in [9.17, 15) is 13.0 Å². The van der Waals surface area contributed by atoms with Gasteiger partial charge in [-0.15, -0.1) is 0 Å². The quantitative estimate of drug-likeness (QED) is 0.615. The van der Waals surface area contributed by atoms with Crippen LogP contribution in [0.25, 0.3) is 0 Å². The minimum absolute atomic E-state index is 0. The fourth-order valence-electron chi connectivity index (χ4n) is 2.23. The Balaban J connectivity index is 0.00000242. The molecule has 112 valence electrons. The van der Waals surface area contributed by atoms with Gasteiger partial charge in [-0.2, -0.15) is 0 Å². The van der Waals surface area contributed by atoms with Gasteiger partial charge in [0, 0.05) is 18.8 Å². The second-order valence-corrected chi connectivity index (χ2v) is 6.33. The zero-order valence-electron chi connectivity index (χ0n) is 13.1. The molecule has 22 heavy (non-hydrogen) atoms. The van der Waals surface area contributed by atoms with E-state index in [0.29, 0.717) is 6.54 Å². The summed E-state index contributed by atoms with van der Waals surface area (Å²) < 4.78 is 33.3. The zero-order chi connectivity index (χ0) is 15.5. The van der Waals surface area contributed by atoms with Crippen molar-refractivity contribution in [2.45, 2.75) is 25.3 Å². The van der Waals surface area contributed by atoms with Crippen LogP contribution in [-0.2, 0) is 16.7 Å². The van der Waals surface area contributed by atoms with Crippen LogP contribution in [0.3, 0.4) is 0 Å². The van der Waals surface area contributed by atoms with Crippen molar-refractivity contribution in [1.29, 1.82) is 0 Å².